The molecule has 0 bridgehead atoms. The predicted octanol–water partition coefficient (Wildman–Crippen LogP) is 3.50. The number of ether oxygens (including phenoxy) is 1. The third kappa shape index (κ3) is 3.45. The molecule has 0 amide bonds. The van der Waals surface area contributed by atoms with Crippen molar-refractivity contribution in [1.29, 1.82) is 0 Å². The zero-order valence-corrected chi connectivity index (χ0v) is 11.6. The van der Waals surface area contributed by atoms with Crippen molar-refractivity contribution in [2.24, 2.45) is 5.92 Å². The van der Waals surface area contributed by atoms with Gasteiger partial charge in [-0.3, -0.25) is 0 Å². The number of rotatable bonds is 2. The molecule has 2 rings (SSSR count). The van der Waals surface area contributed by atoms with Crippen molar-refractivity contribution in [2.75, 3.05) is 13.2 Å². The Hall–Kier alpha value is -0.0800. The topological polar surface area (TPSA) is 21.3 Å². The highest BCUT2D eigenvalue weighted by Crippen LogP contribution is 2.36. The van der Waals surface area contributed by atoms with Gasteiger partial charge >= 0.3 is 0 Å². The summed E-state index contributed by atoms with van der Waals surface area (Å²) in [5.74, 6) is 0.761. The smallest absolute Gasteiger partial charge is 0.0835 e. The maximum Gasteiger partial charge on any atom is 0.0835 e. The average molecular weight is 239 g/mol. The van der Waals surface area contributed by atoms with Gasteiger partial charge in [-0.1, -0.05) is 46.0 Å². The Morgan fingerprint density at radius 1 is 1.12 bits per heavy atom. The van der Waals surface area contributed by atoms with Crippen LogP contribution in [0.1, 0.15) is 65.2 Å². The molecule has 0 radical (unpaired) electrons. The van der Waals surface area contributed by atoms with Gasteiger partial charge in [0.2, 0.25) is 0 Å². The van der Waals surface area contributed by atoms with Crippen LogP contribution in [0.25, 0.3) is 0 Å². The first-order valence-corrected chi connectivity index (χ1v) is 7.60. The monoisotopic (exact) mass is 239 g/mol. The zero-order chi connectivity index (χ0) is 12.1. The van der Waals surface area contributed by atoms with Gasteiger partial charge in [-0.2, -0.15) is 0 Å². The molecule has 1 aliphatic carbocycles. The van der Waals surface area contributed by atoms with Crippen LogP contribution in [-0.4, -0.2) is 24.8 Å². The molecule has 1 N–H and O–H groups in total. The molecule has 0 aromatic heterocycles. The molecule has 1 atom stereocenters. The van der Waals surface area contributed by atoms with E-state index in [0.717, 1.165) is 19.1 Å². The maximum absolute atomic E-state index is 6.29. The third-order valence-corrected chi connectivity index (χ3v) is 4.42. The van der Waals surface area contributed by atoms with E-state index in [2.05, 4.69) is 19.2 Å². The van der Waals surface area contributed by atoms with Crippen LogP contribution in [0.2, 0.25) is 0 Å². The number of hydrogen-bond acceptors (Lipinski definition) is 2. The average Bonchev–Trinajstić information content (AvgIpc) is 2.26. The first kappa shape index (κ1) is 13.4. The molecule has 0 aromatic rings. The lowest BCUT2D eigenvalue weighted by Crippen LogP contribution is -2.58. The van der Waals surface area contributed by atoms with Crippen molar-refractivity contribution in [3.8, 4) is 0 Å². The summed E-state index contributed by atoms with van der Waals surface area (Å²) in [6.07, 6.45) is 10.8. The number of hydrogen-bond donors (Lipinski definition) is 1. The summed E-state index contributed by atoms with van der Waals surface area (Å²) < 4.78 is 6.29. The third-order valence-electron chi connectivity index (χ3n) is 4.42. The number of morpholine rings is 1. The fourth-order valence-corrected chi connectivity index (χ4v) is 3.54. The Morgan fingerprint density at radius 3 is 2.41 bits per heavy atom. The largest absolute Gasteiger partial charge is 0.372 e. The van der Waals surface area contributed by atoms with E-state index in [1.807, 2.05) is 0 Å². The SMILES string of the molecule is CC(C)CC1NCCOC12CCCCCCC2. The molecule has 1 saturated carbocycles. The summed E-state index contributed by atoms with van der Waals surface area (Å²) in [5.41, 5.74) is 0.170. The van der Waals surface area contributed by atoms with Crippen molar-refractivity contribution in [3.05, 3.63) is 0 Å². The zero-order valence-electron chi connectivity index (χ0n) is 11.6. The molecule has 1 heterocycles. The minimum Gasteiger partial charge on any atom is -0.372 e. The summed E-state index contributed by atoms with van der Waals surface area (Å²) in [4.78, 5) is 0. The highest BCUT2D eigenvalue weighted by molar-refractivity contribution is 4.96. The summed E-state index contributed by atoms with van der Waals surface area (Å²) in [6.45, 7) is 6.60. The van der Waals surface area contributed by atoms with E-state index < -0.39 is 0 Å². The summed E-state index contributed by atoms with van der Waals surface area (Å²) in [7, 11) is 0. The lowest BCUT2D eigenvalue weighted by atomic mass is 9.77. The molecule has 2 nitrogen and oxygen atoms in total. The molecule has 1 spiro atoms. The molecule has 100 valence electrons. The van der Waals surface area contributed by atoms with Gasteiger partial charge in [-0.05, 0) is 25.2 Å². The van der Waals surface area contributed by atoms with E-state index in [4.69, 9.17) is 4.74 Å². The molecule has 1 unspecified atom stereocenters. The normalized spacial score (nSPS) is 30.2. The minimum atomic E-state index is 0.170. The summed E-state index contributed by atoms with van der Waals surface area (Å²) in [6, 6.07) is 0.592. The predicted molar refractivity (Wildman–Crippen MR) is 72.2 cm³/mol. The molecular weight excluding hydrogens is 210 g/mol. The van der Waals surface area contributed by atoms with Crippen molar-refractivity contribution in [2.45, 2.75) is 76.9 Å². The van der Waals surface area contributed by atoms with Crippen LogP contribution in [0.3, 0.4) is 0 Å². The Morgan fingerprint density at radius 2 is 1.76 bits per heavy atom. The van der Waals surface area contributed by atoms with Crippen molar-refractivity contribution >= 4 is 0 Å². The van der Waals surface area contributed by atoms with Crippen LogP contribution in [-0.2, 0) is 4.74 Å². The molecule has 2 fully saturated rings. The second-order valence-corrected chi connectivity index (χ2v) is 6.32. The second kappa shape index (κ2) is 6.19. The van der Waals surface area contributed by atoms with Crippen LogP contribution >= 0.6 is 0 Å². The molecule has 0 aromatic carbocycles. The Balaban J connectivity index is 2.04. The number of nitrogens with one attached hydrogen (secondary N) is 1. The molecule has 1 saturated heterocycles. The van der Waals surface area contributed by atoms with Gasteiger partial charge in [0, 0.05) is 12.6 Å². The standard InChI is InChI=1S/C15H29NO/c1-13(2)12-14-15(17-11-10-16-14)8-6-4-3-5-7-9-15/h13-14,16H,3-12H2,1-2H3. The van der Waals surface area contributed by atoms with Crippen molar-refractivity contribution in [1.82, 2.24) is 5.32 Å². The highest BCUT2D eigenvalue weighted by Gasteiger charge is 2.41. The highest BCUT2D eigenvalue weighted by atomic mass is 16.5. The van der Waals surface area contributed by atoms with Crippen LogP contribution in [0.15, 0.2) is 0 Å². The van der Waals surface area contributed by atoms with Crippen molar-refractivity contribution in [3.63, 3.8) is 0 Å². The fraction of sp³-hybridized carbons (Fsp3) is 1.00. The van der Waals surface area contributed by atoms with E-state index in [1.54, 1.807) is 0 Å². The summed E-state index contributed by atoms with van der Waals surface area (Å²) >= 11 is 0. The molecule has 2 aliphatic rings. The van der Waals surface area contributed by atoms with Gasteiger partial charge in [0.15, 0.2) is 0 Å². The second-order valence-electron chi connectivity index (χ2n) is 6.32. The quantitative estimate of drug-likeness (QED) is 0.796. The van der Waals surface area contributed by atoms with Gasteiger partial charge < -0.3 is 10.1 Å². The van der Waals surface area contributed by atoms with E-state index in [-0.39, 0.29) is 5.60 Å². The fourth-order valence-electron chi connectivity index (χ4n) is 3.54. The van der Waals surface area contributed by atoms with Gasteiger partial charge in [0.05, 0.1) is 12.2 Å². The maximum atomic E-state index is 6.29. The van der Waals surface area contributed by atoms with Gasteiger partial charge in [0.25, 0.3) is 0 Å². The van der Waals surface area contributed by atoms with Gasteiger partial charge in [0.1, 0.15) is 0 Å². The molecular formula is C15H29NO. The van der Waals surface area contributed by atoms with Crippen LogP contribution in [0.4, 0.5) is 0 Å². The summed E-state index contributed by atoms with van der Waals surface area (Å²) in [5, 5.41) is 3.73. The molecule has 2 heteroatoms. The van der Waals surface area contributed by atoms with Crippen LogP contribution in [0.5, 0.6) is 0 Å². The van der Waals surface area contributed by atoms with Crippen LogP contribution < -0.4 is 5.32 Å². The Labute approximate surface area is 107 Å². The van der Waals surface area contributed by atoms with Gasteiger partial charge in [-0.25, -0.2) is 0 Å². The van der Waals surface area contributed by atoms with Gasteiger partial charge in [-0.15, -0.1) is 0 Å². The first-order valence-electron chi connectivity index (χ1n) is 7.60. The first-order chi connectivity index (χ1) is 8.23. The van der Waals surface area contributed by atoms with Crippen molar-refractivity contribution < 1.29 is 4.74 Å². The lowest BCUT2D eigenvalue weighted by molar-refractivity contribution is -0.115. The van der Waals surface area contributed by atoms with E-state index in [9.17, 15) is 0 Å². The van der Waals surface area contributed by atoms with Crippen LogP contribution in [0, 0.1) is 5.92 Å². The molecule has 1 aliphatic heterocycles. The lowest BCUT2D eigenvalue weighted by Gasteiger charge is -2.46. The minimum absolute atomic E-state index is 0.170. The Kier molecular flexibility index (Phi) is 4.87. The van der Waals surface area contributed by atoms with E-state index in [1.165, 1.54) is 51.4 Å². The van der Waals surface area contributed by atoms with E-state index >= 15 is 0 Å². The molecule has 17 heavy (non-hydrogen) atoms. The Bertz CT molecular complexity index is 219. The van der Waals surface area contributed by atoms with E-state index in [0.29, 0.717) is 6.04 Å².